The second-order valence-electron chi connectivity index (χ2n) is 4.86. The van der Waals surface area contributed by atoms with E-state index in [0.29, 0.717) is 24.5 Å². The number of nitrogens with one attached hydrogen (secondary N) is 1. The van der Waals surface area contributed by atoms with Crippen LogP contribution in [0.1, 0.15) is 23.0 Å². The van der Waals surface area contributed by atoms with E-state index >= 15 is 0 Å². The highest BCUT2D eigenvalue weighted by atomic mass is 16.5. The maximum absolute atomic E-state index is 12.3. The Labute approximate surface area is 133 Å². The average Bonchev–Trinajstić information content (AvgIpc) is 3.21. The highest BCUT2D eigenvalue weighted by Crippen LogP contribution is 2.15. The molecule has 6 nitrogen and oxygen atoms in total. The highest BCUT2D eigenvalue weighted by molar-refractivity contribution is 6.03. The molecule has 0 radical (unpaired) electrons. The van der Waals surface area contributed by atoms with Gasteiger partial charge in [0.15, 0.2) is 0 Å². The number of ether oxygens (including phenoxy) is 1. The Kier molecular flexibility index (Phi) is 4.42. The van der Waals surface area contributed by atoms with Crippen molar-refractivity contribution >= 4 is 11.7 Å². The molecule has 2 aromatic heterocycles. The summed E-state index contributed by atoms with van der Waals surface area (Å²) in [6.45, 7) is 2.97. The van der Waals surface area contributed by atoms with Crippen molar-refractivity contribution in [2.75, 3.05) is 11.9 Å². The van der Waals surface area contributed by atoms with Gasteiger partial charge in [0.2, 0.25) is 0 Å². The minimum absolute atomic E-state index is 0.200. The molecule has 3 rings (SSSR count). The lowest BCUT2D eigenvalue weighted by molar-refractivity contribution is 0.102. The monoisotopic (exact) mass is 311 g/mol. The number of carbonyl (C=O) groups excluding carboxylic acids is 1. The first-order valence-corrected chi connectivity index (χ1v) is 7.34. The molecule has 0 aliphatic carbocycles. The highest BCUT2D eigenvalue weighted by Gasteiger charge is 2.10. The number of furan rings is 1. The number of anilines is 1. The Morgan fingerprint density at radius 1 is 1.26 bits per heavy atom. The number of nitrogens with zero attached hydrogens (tertiary/aromatic N) is 2. The second-order valence-corrected chi connectivity index (χ2v) is 4.86. The van der Waals surface area contributed by atoms with Crippen molar-refractivity contribution in [2.24, 2.45) is 0 Å². The maximum atomic E-state index is 12.3. The molecule has 0 spiro atoms. The van der Waals surface area contributed by atoms with E-state index in [4.69, 9.17) is 9.15 Å². The maximum Gasteiger partial charge on any atom is 0.256 e. The number of hydrogen-bond donors (Lipinski definition) is 1. The van der Waals surface area contributed by atoms with Crippen molar-refractivity contribution in [1.82, 2.24) is 9.78 Å². The Morgan fingerprint density at radius 2 is 2.09 bits per heavy atom. The van der Waals surface area contributed by atoms with Crippen LogP contribution in [0.25, 0.3) is 0 Å². The van der Waals surface area contributed by atoms with Crippen LogP contribution < -0.4 is 10.1 Å². The smallest absolute Gasteiger partial charge is 0.256 e. The number of hydrogen-bond acceptors (Lipinski definition) is 4. The third kappa shape index (κ3) is 3.60. The summed E-state index contributed by atoms with van der Waals surface area (Å²) in [5.74, 6) is 1.92. The quantitative estimate of drug-likeness (QED) is 0.759. The molecule has 0 saturated heterocycles. The molecule has 0 aliphatic rings. The van der Waals surface area contributed by atoms with Gasteiger partial charge in [-0.25, -0.2) is 4.68 Å². The standard InChI is InChI=1S/C17H17N3O3/c1-2-22-14-7-5-13(6-8-14)17(21)19-16-9-10-18-20(16)12-15-4-3-11-23-15/h3-11H,2,12H2,1H3,(H,19,21). The molecule has 0 unspecified atom stereocenters. The van der Waals surface area contributed by atoms with E-state index in [1.165, 1.54) is 0 Å². The van der Waals surface area contributed by atoms with Crippen LogP contribution >= 0.6 is 0 Å². The van der Waals surface area contributed by atoms with Crippen LogP contribution in [0.3, 0.4) is 0 Å². The molecule has 0 aliphatic heterocycles. The second kappa shape index (κ2) is 6.83. The van der Waals surface area contributed by atoms with E-state index in [1.54, 1.807) is 47.5 Å². The van der Waals surface area contributed by atoms with Gasteiger partial charge in [0.1, 0.15) is 23.9 Å². The Bertz CT molecular complexity index is 761. The zero-order chi connectivity index (χ0) is 16.1. The summed E-state index contributed by atoms with van der Waals surface area (Å²) in [7, 11) is 0. The van der Waals surface area contributed by atoms with E-state index in [9.17, 15) is 4.79 Å². The van der Waals surface area contributed by atoms with Crippen LogP contribution in [0.15, 0.2) is 59.3 Å². The van der Waals surface area contributed by atoms with E-state index < -0.39 is 0 Å². The molecule has 1 amide bonds. The number of amides is 1. The molecule has 2 heterocycles. The van der Waals surface area contributed by atoms with Gasteiger partial charge in [-0.05, 0) is 43.3 Å². The largest absolute Gasteiger partial charge is 0.494 e. The minimum atomic E-state index is -0.200. The normalized spacial score (nSPS) is 10.5. The molecule has 0 bridgehead atoms. The van der Waals surface area contributed by atoms with Crippen LogP contribution in [0.5, 0.6) is 5.75 Å². The van der Waals surface area contributed by atoms with Gasteiger partial charge < -0.3 is 14.5 Å². The molecule has 0 saturated carbocycles. The lowest BCUT2D eigenvalue weighted by atomic mass is 10.2. The summed E-state index contributed by atoms with van der Waals surface area (Å²) >= 11 is 0. The molecular formula is C17H17N3O3. The summed E-state index contributed by atoms with van der Waals surface area (Å²) in [4.78, 5) is 12.3. The van der Waals surface area contributed by atoms with Crippen molar-refractivity contribution in [1.29, 1.82) is 0 Å². The van der Waals surface area contributed by atoms with Crippen LogP contribution in [0, 0.1) is 0 Å². The van der Waals surface area contributed by atoms with Crippen molar-refractivity contribution in [2.45, 2.75) is 13.5 Å². The Balaban J connectivity index is 1.69. The van der Waals surface area contributed by atoms with E-state index in [2.05, 4.69) is 10.4 Å². The fraction of sp³-hybridized carbons (Fsp3) is 0.176. The SMILES string of the molecule is CCOc1ccc(C(=O)Nc2ccnn2Cc2ccco2)cc1. The van der Waals surface area contributed by atoms with Crippen LogP contribution in [-0.2, 0) is 6.54 Å². The topological polar surface area (TPSA) is 69.3 Å². The van der Waals surface area contributed by atoms with Gasteiger partial charge in [0.05, 0.1) is 19.1 Å². The molecule has 6 heteroatoms. The lowest BCUT2D eigenvalue weighted by Crippen LogP contribution is -2.16. The summed E-state index contributed by atoms with van der Waals surface area (Å²) in [6.07, 6.45) is 3.24. The first kappa shape index (κ1) is 14.9. The molecule has 3 aromatic rings. The third-order valence-corrected chi connectivity index (χ3v) is 3.27. The molecule has 118 valence electrons. The van der Waals surface area contributed by atoms with Gasteiger partial charge in [0.25, 0.3) is 5.91 Å². The number of benzene rings is 1. The molecule has 1 N–H and O–H groups in total. The summed E-state index contributed by atoms with van der Waals surface area (Å²) in [6, 6.07) is 12.4. The molecule has 1 aromatic carbocycles. The summed E-state index contributed by atoms with van der Waals surface area (Å²) < 4.78 is 12.3. The predicted molar refractivity (Wildman–Crippen MR) is 85.6 cm³/mol. The van der Waals surface area contributed by atoms with E-state index in [1.807, 2.05) is 19.1 Å². The van der Waals surface area contributed by atoms with Gasteiger partial charge in [-0.15, -0.1) is 0 Å². The van der Waals surface area contributed by atoms with E-state index in [0.717, 1.165) is 11.5 Å². The average molecular weight is 311 g/mol. The van der Waals surface area contributed by atoms with Gasteiger partial charge in [-0.3, -0.25) is 4.79 Å². The van der Waals surface area contributed by atoms with Gasteiger partial charge in [-0.2, -0.15) is 5.10 Å². The number of carbonyl (C=O) groups is 1. The first-order chi connectivity index (χ1) is 11.3. The van der Waals surface area contributed by atoms with Crippen LogP contribution in [0.4, 0.5) is 5.82 Å². The third-order valence-electron chi connectivity index (χ3n) is 3.27. The minimum Gasteiger partial charge on any atom is -0.494 e. The lowest BCUT2D eigenvalue weighted by Gasteiger charge is -2.08. The Morgan fingerprint density at radius 3 is 2.78 bits per heavy atom. The number of rotatable bonds is 6. The van der Waals surface area contributed by atoms with E-state index in [-0.39, 0.29) is 5.91 Å². The van der Waals surface area contributed by atoms with Crippen molar-refractivity contribution in [3.63, 3.8) is 0 Å². The zero-order valence-electron chi connectivity index (χ0n) is 12.7. The van der Waals surface area contributed by atoms with Crippen LogP contribution in [0.2, 0.25) is 0 Å². The van der Waals surface area contributed by atoms with Crippen molar-refractivity contribution in [3.05, 3.63) is 66.2 Å². The van der Waals surface area contributed by atoms with Crippen molar-refractivity contribution < 1.29 is 13.9 Å². The zero-order valence-corrected chi connectivity index (χ0v) is 12.7. The first-order valence-electron chi connectivity index (χ1n) is 7.34. The van der Waals surface area contributed by atoms with Crippen molar-refractivity contribution in [3.8, 4) is 5.75 Å². The summed E-state index contributed by atoms with van der Waals surface area (Å²) in [5.41, 5.74) is 0.555. The molecular weight excluding hydrogens is 294 g/mol. The van der Waals surface area contributed by atoms with Gasteiger partial charge in [-0.1, -0.05) is 0 Å². The van der Waals surface area contributed by atoms with Gasteiger partial charge >= 0.3 is 0 Å². The Hall–Kier alpha value is -3.02. The fourth-order valence-electron chi connectivity index (χ4n) is 2.17. The van der Waals surface area contributed by atoms with Gasteiger partial charge in [0, 0.05) is 11.6 Å². The molecule has 23 heavy (non-hydrogen) atoms. The molecule has 0 fully saturated rings. The number of aromatic nitrogens is 2. The fourth-order valence-corrected chi connectivity index (χ4v) is 2.17. The summed E-state index contributed by atoms with van der Waals surface area (Å²) in [5, 5.41) is 7.05. The molecule has 0 atom stereocenters. The predicted octanol–water partition coefficient (Wildman–Crippen LogP) is 3.18. The van der Waals surface area contributed by atoms with Crippen LogP contribution in [-0.4, -0.2) is 22.3 Å².